The van der Waals surface area contributed by atoms with Crippen molar-refractivity contribution < 1.29 is 13.9 Å². The first kappa shape index (κ1) is 13.4. The van der Waals surface area contributed by atoms with Gasteiger partial charge < -0.3 is 9.15 Å². The number of hydrogen-bond acceptors (Lipinski definition) is 4. The summed E-state index contributed by atoms with van der Waals surface area (Å²) in [5.74, 6) is 2.86. The predicted octanol–water partition coefficient (Wildman–Crippen LogP) is 3.92. The van der Waals surface area contributed by atoms with E-state index in [1.54, 1.807) is 0 Å². The topological polar surface area (TPSA) is 39.4 Å². The molecule has 0 radical (unpaired) electrons. The fraction of sp³-hybridized carbons (Fsp3) is 0.471. The molecule has 1 aromatic carbocycles. The van der Waals surface area contributed by atoms with Crippen molar-refractivity contribution in [1.29, 1.82) is 0 Å². The van der Waals surface area contributed by atoms with E-state index in [9.17, 15) is 4.79 Å². The molecule has 1 aromatic heterocycles. The molecule has 3 nitrogen and oxygen atoms in total. The van der Waals surface area contributed by atoms with Crippen LogP contribution in [0.25, 0.3) is 11.0 Å². The summed E-state index contributed by atoms with van der Waals surface area (Å²) in [5, 5.41) is 0.999. The summed E-state index contributed by atoms with van der Waals surface area (Å²) in [6.07, 6.45) is 2.72. The smallest absolute Gasteiger partial charge is 0.201 e. The zero-order valence-corrected chi connectivity index (χ0v) is 12.7. The number of benzene rings is 1. The molecule has 3 heterocycles. The van der Waals surface area contributed by atoms with Crippen LogP contribution in [0.15, 0.2) is 34.7 Å². The van der Waals surface area contributed by atoms with E-state index in [-0.39, 0.29) is 17.3 Å². The van der Waals surface area contributed by atoms with Crippen LogP contribution >= 0.6 is 11.8 Å². The molecule has 2 aliphatic heterocycles. The summed E-state index contributed by atoms with van der Waals surface area (Å²) in [4.78, 5) is 12.8. The molecule has 2 aliphatic rings. The van der Waals surface area contributed by atoms with Crippen LogP contribution in [-0.4, -0.2) is 29.5 Å². The number of carbonyl (C=O) groups is 1. The molecule has 1 spiro atoms. The highest BCUT2D eigenvalue weighted by Crippen LogP contribution is 2.41. The van der Waals surface area contributed by atoms with E-state index in [1.165, 1.54) is 0 Å². The second-order valence-electron chi connectivity index (χ2n) is 6.04. The number of fused-ring (bicyclic) bond motifs is 1. The maximum atomic E-state index is 12.8. The van der Waals surface area contributed by atoms with Crippen LogP contribution in [-0.2, 0) is 4.74 Å². The van der Waals surface area contributed by atoms with Crippen molar-refractivity contribution in [2.75, 3.05) is 18.1 Å². The van der Waals surface area contributed by atoms with Crippen molar-refractivity contribution in [2.24, 2.45) is 5.92 Å². The lowest BCUT2D eigenvalue weighted by Crippen LogP contribution is -2.42. The second kappa shape index (κ2) is 5.18. The fourth-order valence-electron chi connectivity index (χ4n) is 3.42. The third-order valence-corrected chi connectivity index (χ3v) is 5.82. The van der Waals surface area contributed by atoms with Gasteiger partial charge in [-0.15, -0.1) is 0 Å². The minimum Gasteiger partial charge on any atom is -0.453 e. The second-order valence-corrected chi connectivity index (χ2v) is 7.14. The van der Waals surface area contributed by atoms with E-state index >= 15 is 0 Å². The molecule has 4 rings (SSSR count). The lowest BCUT2D eigenvalue weighted by molar-refractivity contribution is -0.0737. The summed E-state index contributed by atoms with van der Waals surface area (Å²) < 4.78 is 11.7. The standard InChI is InChI=1S/C17H18O3S/c18-16(15-9-12-3-1-2-4-14(12)20-15)13-5-7-19-17(10-13)6-8-21-11-17/h1-4,9,13H,5-8,10-11H2. The lowest BCUT2D eigenvalue weighted by atomic mass is 9.82. The van der Waals surface area contributed by atoms with Crippen molar-refractivity contribution in [3.63, 3.8) is 0 Å². The maximum absolute atomic E-state index is 12.8. The molecular weight excluding hydrogens is 284 g/mol. The third-order valence-electron chi connectivity index (χ3n) is 4.60. The van der Waals surface area contributed by atoms with Gasteiger partial charge in [-0.3, -0.25) is 4.79 Å². The Morgan fingerprint density at radius 1 is 1.33 bits per heavy atom. The molecule has 2 saturated heterocycles. The number of para-hydroxylation sites is 1. The van der Waals surface area contributed by atoms with Gasteiger partial charge in [0, 0.05) is 23.7 Å². The van der Waals surface area contributed by atoms with Gasteiger partial charge in [0.15, 0.2) is 5.76 Å². The molecule has 0 aliphatic carbocycles. The Hall–Kier alpha value is -1.26. The molecule has 0 saturated carbocycles. The van der Waals surface area contributed by atoms with Crippen LogP contribution in [0.3, 0.4) is 0 Å². The summed E-state index contributed by atoms with van der Waals surface area (Å²) in [5.41, 5.74) is 0.731. The van der Waals surface area contributed by atoms with Crippen LogP contribution in [0.2, 0.25) is 0 Å². The molecule has 2 unspecified atom stereocenters. The first-order chi connectivity index (χ1) is 10.3. The molecule has 0 bridgehead atoms. The molecule has 2 aromatic rings. The van der Waals surface area contributed by atoms with Crippen LogP contribution in [0, 0.1) is 5.92 Å². The Morgan fingerprint density at radius 2 is 2.24 bits per heavy atom. The minimum absolute atomic E-state index is 0.0398. The minimum atomic E-state index is -0.0603. The largest absolute Gasteiger partial charge is 0.453 e. The van der Waals surface area contributed by atoms with E-state index < -0.39 is 0 Å². The molecule has 110 valence electrons. The first-order valence-corrected chi connectivity index (χ1v) is 8.66. The first-order valence-electron chi connectivity index (χ1n) is 7.50. The number of ketones is 1. The number of ether oxygens (including phenoxy) is 1. The highest BCUT2D eigenvalue weighted by Gasteiger charge is 2.43. The van der Waals surface area contributed by atoms with Crippen LogP contribution in [0.1, 0.15) is 29.8 Å². The fourth-order valence-corrected chi connectivity index (χ4v) is 4.80. The monoisotopic (exact) mass is 302 g/mol. The number of furan rings is 1. The van der Waals surface area contributed by atoms with Gasteiger partial charge in [0.1, 0.15) is 5.58 Å². The summed E-state index contributed by atoms with van der Waals surface area (Å²) in [7, 11) is 0. The Labute approximate surface area is 128 Å². The molecule has 2 fully saturated rings. The highest BCUT2D eigenvalue weighted by atomic mass is 32.2. The Bertz CT molecular complexity index is 636. The van der Waals surface area contributed by atoms with Gasteiger partial charge >= 0.3 is 0 Å². The van der Waals surface area contributed by atoms with Gasteiger partial charge in [0.2, 0.25) is 5.78 Å². The third kappa shape index (κ3) is 2.40. The van der Waals surface area contributed by atoms with Crippen molar-refractivity contribution in [3.05, 3.63) is 36.1 Å². The lowest BCUT2D eigenvalue weighted by Gasteiger charge is -2.36. The molecule has 0 amide bonds. The average molecular weight is 302 g/mol. The molecule has 2 atom stereocenters. The van der Waals surface area contributed by atoms with Gasteiger partial charge in [-0.1, -0.05) is 18.2 Å². The maximum Gasteiger partial charge on any atom is 0.201 e. The van der Waals surface area contributed by atoms with E-state index in [0.717, 1.165) is 41.7 Å². The molecule has 0 N–H and O–H groups in total. The Kier molecular flexibility index (Phi) is 3.31. The van der Waals surface area contributed by atoms with Crippen LogP contribution in [0.4, 0.5) is 0 Å². The number of rotatable bonds is 2. The van der Waals surface area contributed by atoms with Crippen molar-refractivity contribution in [1.82, 2.24) is 0 Å². The zero-order valence-electron chi connectivity index (χ0n) is 11.8. The normalized spacial score (nSPS) is 29.2. The number of carbonyl (C=O) groups excluding carboxylic acids is 1. The van der Waals surface area contributed by atoms with Crippen molar-refractivity contribution >= 4 is 28.5 Å². The number of hydrogen-bond donors (Lipinski definition) is 0. The number of thioether (sulfide) groups is 1. The Balaban J connectivity index is 1.58. The van der Waals surface area contributed by atoms with Gasteiger partial charge in [-0.05, 0) is 37.1 Å². The summed E-state index contributed by atoms with van der Waals surface area (Å²) >= 11 is 1.93. The highest BCUT2D eigenvalue weighted by molar-refractivity contribution is 7.99. The SMILES string of the molecule is O=C(c1cc2ccccc2o1)C1CCOC2(CCSC2)C1. The predicted molar refractivity (Wildman–Crippen MR) is 83.9 cm³/mol. The molecular formula is C17H18O3S. The molecule has 21 heavy (non-hydrogen) atoms. The van der Waals surface area contributed by atoms with Crippen LogP contribution in [0.5, 0.6) is 0 Å². The van der Waals surface area contributed by atoms with Crippen LogP contribution < -0.4 is 0 Å². The van der Waals surface area contributed by atoms with Gasteiger partial charge in [-0.2, -0.15) is 11.8 Å². The van der Waals surface area contributed by atoms with E-state index in [4.69, 9.17) is 9.15 Å². The quantitative estimate of drug-likeness (QED) is 0.788. The van der Waals surface area contributed by atoms with E-state index in [0.29, 0.717) is 12.4 Å². The van der Waals surface area contributed by atoms with Gasteiger partial charge in [0.05, 0.1) is 5.60 Å². The van der Waals surface area contributed by atoms with Gasteiger partial charge in [-0.25, -0.2) is 0 Å². The van der Waals surface area contributed by atoms with E-state index in [2.05, 4.69) is 0 Å². The zero-order chi connectivity index (χ0) is 14.3. The van der Waals surface area contributed by atoms with Crippen molar-refractivity contribution in [3.8, 4) is 0 Å². The van der Waals surface area contributed by atoms with Crippen molar-refractivity contribution in [2.45, 2.75) is 24.9 Å². The van der Waals surface area contributed by atoms with E-state index in [1.807, 2.05) is 42.1 Å². The number of Topliss-reactive ketones (excluding diaryl/α,β-unsaturated/α-hetero) is 1. The average Bonchev–Trinajstić information content (AvgIpc) is 3.13. The summed E-state index contributed by atoms with van der Waals surface area (Å²) in [6, 6.07) is 9.66. The Morgan fingerprint density at radius 3 is 3.05 bits per heavy atom. The summed E-state index contributed by atoms with van der Waals surface area (Å²) in [6.45, 7) is 0.692. The molecule has 4 heteroatoms. The van der Waals surface area contributed by atoms with Gasteiger partial charge in [0.25, 0.3) is 0 Å².